The second-order valence-corrected chi connectivity index (χ2v) is 6.10. The molecule has 0 aromatic heterocycles. The fourth-order valence-corrected chi connectivity index (χ4v) is 2.61. The Balaban J connectivity index is 1.88. The minimum Gasteiger partial charge on any atom is -0.445 e. The van der Waals surface area contributed by atoms with Crippen LogP contribution < -0.4 is 11.1 Å². The van der Waals surface area contributed by atoms with Gasteiger partial charge in [0.1, 0.15) is 12.7 Å². The van der Waals surface area contributed by atoms with Crippen molar-refractivity contribution in [3.05, 3.63) is 65.2 Å². The highest BCUT2D eigenvalue weighted by Gasteiger charge is 2.37. The number of carbonyl (C=O) groups excluding carboxylic acids is 1. The van der Waals surface area contributed by atoms with Crippen LogP contribution in [0, 0.1) is 0 Å². The summed E-state index contributed by atoms with van der Waals surface area (Å²) in [7, 11) is 0. The molecule has 2 aromatic rings. The minimum absolute atomic E-state index is 0.0490. The van der Waals surface area contributed by atoms with E-state index in [0.29, 0.717) is 0 Å². The van der Waals surface area contributed by atoms with E-state index in [1.54, 1.807) is 24.3 Å². The lowest BCUT2D eigenvalue weighted by atomic mass is 9.95. The summed E-state index contributed by atoms with van der Waals surface area (Å²) in [6.07, 6.45) is -9.11. The van der Waals surface area contributed by atoms with Crippen LogP contribution in [0.4, 0.5) is 23.7 Å². The molecule has 9 heteroatoms. The molecule has 0 saturated carbocycles. The van der Waals surface area contributed by atoms with E-state index in [-0.39, 0.29) is 25.3 Å². The average Bonchev–Trinajstić information content (AvgIpc) is 2.65. The Morgan fingerprint density at radius 1 is 1.11 bits per heavy atom. The Morgan fingerprint density at radius 2 is 1.79 bits per heavy atom. The third-order valence-electron chi connectivity index (χ3n) is 4.03. The molecule has 0 spiro atoms. The number of anilines is 1. The van der Waals surface area contributed by atoms with E-state index in [1.165, 1.54) is 6.07 Å². The number of nitrogens with two attached hydrogens (primary N) is 1. The third-order valence-corrected chi connectivity index (χ3v) is 4.03. The van der Waals surface area contributed by atoms with Crippen molar-refractivity contribution in [3.63, 3.8) is 0 Å². The zero-order valence-corrected chi connectivity index (χ0v) is 14.8. The summed E-state index contributed by atoms with van der Waals surface area (Å²) in [6.45, 7) is -0.0622. The number of carbonyl (C=O) groups is 1. The number of alkyl carbamates (subject to hydrolysis) is 1. The van der Waals surface area contributed by atoms with Crippen LogP contribution in [0.3, 0.4) is 0 Å². The molecule has 152 valence electrons. The summed E-state index contributed by atoms with van der Waals surface area (Å²) >= 11 is 0. The number of hydrogen-bond donors (Lipinski definition) is 4. The first-order valence-corrected chi connectivity index (χ1v) is 8.46. The lowest BCUT2D eigenvalue weighted by molar-refractivity contribution is -0.139. The highest BCUT2D eigenvalue weighted by atomic mass is 19.4. The normalized spacial score (nSPS) is 13.6. The summed E-state index contributed by atoms with van der Waals surface area (Å²) in [5, 5.41) is 22.6. The molecule has 0 heterocycles. The van der Waals surface area contributed by atoms with Gasteiger partial charge in [-0.2, -0.15) is 13.2 Å². The summed E-state index contributed by atoms with van der Waals surface area (Å²) < 4.78 is 44.3. The van der Waals surface area contributed by atoms with E-state index in [2.05, 4.69) is 5.32 Å². The van der Waals surface area contributed by atoms with Crippen LogP contribution in [0.2, 0.25) is 0 Å². The van der Waals surface area contributed by atoms with Crippen molar-refractivity contribution in [3.8, 4) is 0 Å². The Bertz CT molecular complexity index is 784. The Morgan fingerprint density at radius 3 is 2.43 bits per heavy atom. The van der Waals surface area contributed by atoms with Gasteiger partial charge in [-0.05, 0) is 24.1 Å². The first kappa shape index (κ1) is 21.5. The molecule has 2 rings (SSSR count). The van der Waals surface area contributed by atoms with E-state index in [4.69, 9.17) is 10.5 Å². The Hall–Kier alpha value is -2.78. The van der Waals surface area contributed by atoms with Crippen LogP contribution in [0.15, 0.2) is 48.5 Å². The van der Waals surface area contributed by atoms with Gasteiger partial charge in [0, 0.05) is 17.8 Å². The van der Waals surface area contributed by atoms with Crippen molar-refractivity contribution in [2.45, 2.75) is 31.4 Å². The van der Waals surface area contributed by atoms with Crippen LogP contribution in [0.5, 0.6) is 0 Å². The Labute approximate surface area is 159 Å². The zero-order chi connectivity index (χ0) is 20.7. The van der Waals surface area contributed by atoms with Crippen LogP contribution in [-0.4, -0.2) is 29.0 Å². The molecule has 6 nitrogen and oxygen atoms in total. The van der Waals surface area contributed by atoms with Crippen LogP contribution in [0.1, 0.15) is 29.2 Å². The van der Waals surface area contributed by atoms with Crippen molar-refractivity contribution < 1.29 is 32.9 Å². The minimum atomic E-state index is -4.73. The molecule has 0 fully saturated rings. The maximum absolute atomic E-state index is 13.1. The smallest absolute Gasteiger partial charge is 0.416 e. The first-order chi connectivity index (χ1) is 13.2. The second-order valence-electron chi connectivity index (χ2n) is 6.10. The molecule has 0 aliphatic heterocycles. The van der Waals surface area contributed by atoms with Crippen LogP contribution in [-0.2, 0) is 17.5 Å². The SMILES string of the molecule is Nc1cccc(C(F)(F)F)c1C(O)C(O)CCNC(=O)OCc1ccccc1. The second kappa shape index (κ2) is 9.43. The predicted octanol–water partition coefficient (Wildman–Crippen LogP) is 3.00. The van der Waals surface area contributed by atoms with Gasteiger partial charge in [0.25, 0.3) is 0 Å². The molecule has 28 heavy (non-hydrogen) atoms. The van der Waals surface area contributed by atoms with Gasteiger partial charge in [-0.25, -0.2) is 4.79 Å². The number of hydrogen-bond acceptors (Lipinski definition) is 5. The molecule has 2 atom stereocenters. The molecule has 0 bridgehead atoms. The molecule has 0 aliphatic carbocycles. The highest BCUT2D eigenvalue weighted by molar-refractivity contribution is 5.67. The van der Waals surface area contributed by atoms with Crippen LogP contribution in [0.25, 0.3) is 0 Å². The lowest BCUT2D eigenvalue weighted by Gasteiger charge is -2.23. The number of aliphatic hydroxyl groups is 2. The number of benzene rings is 2. The van der Waals surface area contributed by atoms with Gasteiger partial charge in [0.2, 0.25) is 0 Å². The summed E-state index contributed by atoms with van der Waals surface area (Å²) in [5.74, 6) is 0. The van der Waals surface area contributed by atoms with Gasteiger partial charge in [0.15, 0.2) is 0 Å². The van der Waals surface area contributed by atoms with E-state index >= 15 is 0 Å². The van der Waals surface area contributed by atoms with Gasteiger partial charge >= 0.3 is 12.3 Å². The fraction of sp³-hybridized carbons (Fsp3) is 0.316. The highest BCUT2D eigenvalue weighted by Crippen LogP contribution is 2.38. The number of nitrogen functional groups attached to an aromatic ring is 1. The number of halogens is 3. The van der Waals surface area contributed by atoms with Crippen molar-refractivity contribution in [1.29, 1.82) is 0 Å². The lowest BCUT2D eigenvalue weighted by Crippen LogP contribution is -2.30. The monoisotopic (exact) mass is 398 g/mol. The molecule has 0 radical (unpaired) electrons. The predicted molar refractivity (Wildman–Crippen MR) is 96.1 cm³/mol. The van der Waals surface area contributed by atoms with Crippen molar-refractivity contribution in [1.82, 2.24) is 5.32 Å². The molecule has 0 aliphatic rings. The van der Waals surface area contributed by atoms with Gasteiger partial charge in [-0.15, -0.1) is 0 Å². The number of alkyl halides is 3. The van der Waals surface area contributed by atoms with Gasteiger partial charge in [-0.1, -0.05) is 36.4 Å². The summed E-state index contributed by atoms with van der Waals surface area (Å²) in [6, 6.07) is 12.1. The number of aliphatic hydroxyl groups excluding tert-OH is 2. The first-order valence-electron chi connectivity index (χ1n) is 8.46. The number of nitrogens with one attached hydrogen (secondary N) is 1. The van der Waals surface area contributed by atoms with E-state index < -0.39 is 35.6 Å². The number of amides is 1. The van der Waals surface area contributed by atoms with Crippen molar-refractivity contribution in [2.75, 3.05) is 12.3 Å². The molecule has 0 saturated heterocycles. The van der Waals surface area contributed by atoms with E-state index in [9.17, 15) is 28.2 Å². The maximum atomic E-state index is 13.1. The summed E-state index contributed by atoms with van der Waals surface area (Å²) in [5.41, 5.74) is 4.37. The number of rotatable bonds is 7. The molecule has 5 N–H and O–H groups in total. The topological polar surface area (TPSA) is 105 Å². The molecule has 2 unspecified atom stereocenters. The summed E-state index contributed by atoms with van der Waals surface area (Å²) in [4.78, 5) is 11.6. The largest absolute Gasteiger partial charge is 0.445 e. The number of ether oxygens (including phenoxy) is 1. The standard InChI is InChI=1S/C19H21F3N2O4/c20-19(21,22)13-7-4-8-14(23)16(13)17(26)15(25)9-10-24-18(27)28-11-12-5-2-1-3-6-12/h1-8,15,17,25-26H,9-11,23H2,(H,24,27). The van der Waals surface area contributed by atoms with E-state index in [1.807, 2.05) is 6.07 Å². The quantitative estimate of drug-likeness (QED) is 0.537. The van der Waals surface area contributed by atoms with Crippen molar-refractivity contribution in [2.24, 2.45) is 0 Å². The molecular weight excluding hydrogens is 377 g/mol. The van der Waals surface area contributed by atoms with Crippen molar-refractivity contribution >= 4 is 11.8 Å². The van der Waals surface area contributed by atoms with Gasteiger partial charge in [-0.3, -0.25) is 0 Å². The van der Waals surface area contributed by atoms with Crippen LogP contribution >= 0.6 is 0 Å². The average molecular weight is 398 g/mol. The molecular formula is C19H21F3N2O4. The molecule has 2 aromatic carbocycles. The van der Waals surface area contributed by atoms with Gasteiger partial charge < -0.3 is 26.0 Å². The fourth-order valence-electron chi connectivity index (χ4n) is 2.61. The third kappa shape index (κ3) is 5.86. The maximum Gasteiger partial charge on any atom is 0.416 e. The van der Waals surface area contributed by atoms with Gasteiger partial charge in [0.05, 0.1) is 11.7 Å². The van der Waals surface area contributed by atoms with E-state index in [0.717, 1.165) is 17.7 Å². The zero-order valence-electron chi connectivity index (χ0n) is 14.8. The Kier molecular flexibility index (Phi) is 7.24. The molecule has 1 amide bonds.